The summed E-state index contributed by atoms with van der Waals surface area (Å²) >= 11 is 5.97. The molecule has 0 aliphatic carbocycles. The molecule has 2 N–H and O–H groups in total. The van der Waals surface area contributed by atoms with Gasteiger partial charge in [0, 0.05) is 22.7 Å². The first kappa shape index (κ1) is 13.8. The summed E-state index contributed by atoms with van der Waals surface area (Å²) in [6, 6.07) is 8.31. The third-order valence-corrected chi connectivity index (χ3v) is 3.03. The molecule has 0 aliphatic heterocycles. The summed E-state index contributed by atoms with van der Waals surface area (Å²) in [6.45, 7) is 0.123. The van der Waals surface area contributed by atoms with E-state index in [-0.39, 0.29) is 18.7 Å². The van der Waals surface area contributed by atoms with Crippen LogP contribution in [0.2, 0.25) is 5.02 Å². The topological polar surface area (TPSA) is 35.2 Å². The third-order valence-electron chi connectivity index (χ3n) is 2.67. The first-order valence-electron chi connectivity index (χ1n) is 5.66. The van der Waals surface area contributed by atoms with Crippen LogP contribution in [0.5, 0.6) is 5.75 Å². The Morgan fingerprint density at radius 3 is 2.68 bits per heavy atom. The molecule has 19 heavy (non-hydrogen) atoms. The molecule has 5 heteroatoms. The number of benzene rings is 2. The highest BCUT2D eigenvalue weighted by Gasteiger charge is 2.09. The fourth-order valence-corrected chi connectivity index (χ4v) is 1.92. The van der Waals surface area contributed by atoms with Crippen LogP contribution < -0.4 is 10.5 Å². The molecule has 0 amide bonds. The first-order valence-corrected chi connectivity index (χ1v) is 6.04. The molecule has 2 rings (SSSR count). The van der Waals surface area contributed by atoms with Crippen LogP contribution >= 0.6 is 11.6 Å². The molecule has 0 radical (unpaired) electrons. The summed E-state index contributed by atoms with van der Waals surface area (Å²) in [4.78, 5) is 0. The van der Waals surface area contributed by atoms with Crippen LogP contribution in [0.4, 0.5) is 8.78 Å². The lowest BCUT2D eigenvalue weighted by atomic mass is 10.2. The van der Waals surface area contributed by atoms with E-state index in [4.69, 9.17) is 22.1 Å². The summed E-state index contributed by atoms with van der Waals surface area (Å²) in [5.74, 6) is -0.554. The van der Waals surface area contributed by atoms with Crippen molar-refractivity contribution in [1.82, 2.24) is 0 Å². The van der Waals surface area contributed by atoms with Gasteiger partial charge < -0.3 is 10.5 Å². The number of ether oxygens (including phenoxy) is 1. The second-order valence-electron chi connectivity index (χ2n) is 3.95. The number of hydrogen-bond donors (Lipinski definition) is 1. The average Bonchev–Trinajstić information content (AvgIpc) is 2.40. The molecule has 0 saturated carbocycles. The molecule has 2 aromatic carbocycles. The molecule has 0 aromatic heterocycles. The van der Waals surface area contributed by atoms with Crippen LogP contribution in [0.15, 0.2) is 36.4 Å². The highest BCUT2D eigenvalue weighted by atomic mass is 35.5. The Morgan fingerprint density at radius 2 is 1.95 bits per heavy atom. The van der Waals surface area contributed by atoms with Crippen molar-refractivity contribution in [2.45, 2.75) is 13.2 Å². The van der Waals surface area contributed by atoms with Gasteiger partial charge in [-0.15, -0.1) is 0 Å². The van der Waals surface area contributed by atoms with Crippen LogP contribution in [0.1, 0.15) is 11.1 Å². The van der Waals surface area contributed by atoms with Crippen molar-refractivity contribution < 1.29 is 13.5 Å². The van der Waals surface area contributed by atoms with Gasteiger partial charge in [-0.05, 0) is 30.3 Å². The van der Waals surface area contributed by atoms with E-state index in [2.05, 4.69) is 0 Å². The van der Waals surface area contributed by atoms with E-state index in [1.54, 1.807) is 18.2 Å². The smallest absolute Gasteiger partial charge is 0.130 e. The molecule has 0 aliphatic rings. The summed E-state index contributed by atoms with van der Waals surface area (Å²) < 4.78 is 31.9. The van der Waals surface area contributed by atoms with Crippen LogP contribution in [0, 0.1) is 11.6 Å². The third kappa shape index (κ3) is 3.22. The van der Waals surface area contributed by atoms with Gasteiger partial charge in [-0.2, -0.15) is 0 Å². The molecule has 0 heterocycles. The van der Waals surface area contributed by atoms with Crippen LogP contribution in [0.25, 0.3) is 0 Å². The van der Waals surface area contributed by atoms with Crippen molar-refractivity contribution in [3.05, 3.63) is 64.2 Å². The quantitative estimate of drug-likeness (QED) is 0.929. The lowest BCUT2D eigenvalue weighted by Crippen LogP contribution is -2.04. The van der Waals surface area contributed by atoms with E-state index in [0.717, 1.165) is 18.2 Å². The van der Waals surface area contributed by atoms with Gasteiger partial charge in [0.15, 0.2) is 0 Å². The standard InChI is InChI=1S/C14H12ClF2NO/c15-12-2-1-3-14(11(12)7-18)19-8-9-6-10(16)4-5-13(9)17/h1-6H,7-8,18H2. The molecule has 0 spiro atoms. The number of nitrogens with two attached hydrogens (primary N) is 1. The summed E-state index contributed by atoms with van der Waals surface area (Å²) in [7, 11) is 0. The lowest BCUT2D eigenvalue weighted by Gasteiger charge is -2.12. The van der Waals surface area contributed by atoms with E-state index >= 15 is 0 Å². The van der Waals surface area contributed by atoms with Gasteiger partial charge in [-0.3, -0.25) is 0 Å². The van der Waals surface area contributed by atoms with Gasteiger partial charge in [0.25, 0.3) is 0 Å². The van der Waals surface area contributed by atoms with Crippen molar-refractivity contribution in [3.8, 4) is 5.75 Å². The first-order chi connectivity index (χ1) is 9.11. The fraction of sp³-hybridized carbons (Fsp3) is 0.143. The monoisotopic (exact) mass is 283 g/mol. The van der Waals surface area contributed by atoms with Crippen molar-refractivity contribution in [3.63, 3.8) is 0 Å². The normalized spacial score (nSPS) is 10.5. The predicted molar refractivity (Wildman–Crippen MR) is 70.0 cm³/mol. The van der Waals surface area contributed by atoms with E-state index < -0.39 is 11.6 Å². The Labute approximate surface area is 114 Å². The lowest BCUT2D eigenvalue weighted by molar-refractivity contribution is 0.296. The Kier molecular flexibility index (Phi) is 4.35. The van der Waals surface area contributed by atoms with Crippen molar-refractivity contribution in [2.24, 2.45) is 5.73 Å². The minimum absolute atomic E-state index is 0.0864. The maximum absolute atomic E-state index is 13.4. The van der Waals surface area contributed by atoms with Gasteiger partial charge in [0.05, 0.1) is 0 Å². The molecule has 2 aromatic rings. The Hall–Kier alpha value is -1.65. The summed E-state index contributed by atoms with van der Waals surface area (Å²) in [5, 5.41) is 0.486. The number of halogens is 3. The van der Waals surface area contributed by atoms with E-state index in [9.17, 15) is 8.78 Å². The zero-order chi connectivity index (χ0) is 13.8. The summed E-state index contributed by atoms with van der Waals surface area (Å²) in [5.41, 5.74) is 6.36. The largest absolute Gasteiger partial charge is 0.488 e. The minimum Gasteiger partial charge on any atom is -0.488 e. The van der Waals surface area contributed by atoms with Crippen LogP contribution in [0.3, 0.4) is 0 Å². The highest BCUT2D eigenvalue weighted by Crippen LogP contribution is 2.26. The van der Waals surface area contributed by atoms with Gasteiger partial charge >= 0.3 is 0 Å². The van der Waals surface area contributed by atoms with E-state index in [1.807, 2.05) is 0 Å². The maximum atomic E-state index is 13.4. The Balaban J connectivity index is 2.19. The van der Waals surface area contributed by atoms with E-state index in [1.165, 1.54) is 0 Å². The summed E-state index contributed by atoms with van der Waals surface area (Å²) in [6.07, 6.45) is 0. The van der Waals surface area contributed by atoms with Gasteiger partial charge in [0.1, 0.15) is 24.0 Å². The highest BCUT2D eigenvalue weighted by molar-refractivity contribution is 6.31. The predicted octanol–water partition coefficient (Wildman–Crippen LogP) is 3.66. The molecule has 100 valence electrons. The van der Waals surface area contributed by atoms with Gasteiger partial charge in [-0.25, -0.2) is 8.78 Å². The molecule has 0 bridgehead atoms. The van der Waals surface area contributed by atoms with Crippen molar-refractivity contribution in [1.29, 1.82) is 0 Å². The second kappa shape index (κ2) is 5.99. The van der Waals surface area contributed by atoms with Crippen LogP contribution in [-0.2, 0) is 13.2 Å². The van der Waals surface area contributed by atoms with Crippen molar-refractivity contribution in [2.75, 3.05) is 0 Å². The molecule has 0 fully saturated rings. The zero-order valence-electron chi connectivity index (χ0n) is 10.00. The minimum atomic E-state index is -0.516. The SMILES string of the molecule is NCc1c(Cl)cccc1OCc1cc(F)ccc1F. The number of hydrogen-bond acceptors (Lipinski definition) is 2. The molecule has 2 nitrogen and oxygen atoms in total. The van der Waals surface area contributed by atoms with Gasteiger partial charge in [-0.1, -0.05) is 17.7 Å². The molecule has 0 saturated heterocycles. The molecule has 0 unspecified atom stereocenters. The van der Waals surface area contributed by atoms with Crippen molar-refractivity contribution >= 4 is 11.6 Å². The number of rotatable bonds is 4. The van der Waals surface area contributed by atoms with Crippen LogP contribution in [-0.4, -0.2) is 0 Å². The zero-order valence-corrected chi connectivity index (χ0v) is 10.8. The molecular weight excluding hydrogens is 272 g/mol. The second-order valence-corrected chi connectivity index (χ2v) is 4.35. The van der Waals surface area contributed by atoms with Gasteiger partial charge in [0.2, 0.25) is 0 Å². The molecular formula is C14H12ClF2NO. The Morgan fingerprint density at radius 1 is 1.16 bits per heavy atom. The molecule has 0 atom stereocenters. The fourth-order valence-electron chi connectivity index (χ4n) is 1.68. The Bertz CT molecular complexity index is 590. The average molecular weight is 284 g/mol. The maximum Gasteiger partial charge on any atom is 0.130 e. The van der Waals surface area contributed by atoms with E-state index in [0.29, 0.717) is 16.3 Å².